The third-order valence-corrected chi connectivity index (χ3v) is 11.7. The predicted molar refractivity (Wildman–Crippen MR) is 190 cm³/mol. The molecular weight excluding hydrogens is 719 g/mol. The quantitative estimate of drug-likeness (QED) is 0.332. The molecule has 2 bridgehead atoms. The van der Waals surface area contributed by atoms with Crippen LogP contribution in [0.3, 0.4) is 0 Å². The van der Waals surface area contributed by atoms with Gasteiger partial charge in [0.05, 0.1) is 27.8 Å². The van der Waals surface area contributed by atoms with Crippen molar-refractivity contribution >= 4 is 47.0 Å². The summed E-state index contributed by atoms with van der Waals surface area (Å²) in [5.74, 6) is -2.91. The number of likely N-dealkylation sites (tertiary alicyclic amines) is 1. The molecule has 1 aromatic heterocycles. The predicted octanol–water partition coefficient (Wildman–Crippen LogP) is 3.60. The van der Waals surface area contributed by atoms with Crippen LogP contribution in [0.2, 0.25) is 5.02 Å². The molecule has 3 aromatic rings. The van der Waals surface area contributed by atoms with Crippen molar-refractivity contribution in [2.45, 2.75) is 88.2 Å². The number of rotatable bonds is 8. The summed E-state index contributed by atoms with van der Waals surface area (Å²) < 4.78 is 22.4. The first-order valence-corrected chi connectivity index (χ1v) is 18.5. The Balaban J connectivity index is 0.929. The number of halogens is 2. The molecule has 4 aliphatic heterocycles. The highest BCUT2D eigenvalue weighted by Crippen LogP contribution is 2.38. The maximum absolute atomic E-state index is 16.3. The zero-order chi connectivity index (χ0) is 37.8. The van der Waals surface area contributed by atoms with Gasteiger partial charge in [0.2, 0.25) is 5.91 Å². The molecule has 3 saturated heterocycles. The first-order valence-electron chi connectivity index (χ1n) is 18.1. The van der Waals surface area contributed by atoms with Crippen molar-refractivity contribution in [2.75, 3.05) is 18.0 Å². The molecule has 1 saturated carbocycles. The molecule has 14 nitrogen and oxygen atoms in total. The molecular formula is C38H36ClFN8O6. The van der Waals surface area contributed by atoms with Gasteiger partial charge in [-0.2, -0.15) is 5.26 Å². The summed E-state index contributed by atoms with van der Waals surface area (Å²) in [7, 11) is 0. The van der Waals surface area contributed by atoms with E-state index >= 15 is 4.39 Å². The van der Waals surface area contributed by atoms with E-state index in [1.54, 1.807) is 24.3 Å². The van der Waals surface area contributed by atoms with Gasteiger partial charge in [-0.1, -0.05) is 17.7 Å². The molecule has 2 aromatic carbocycles. The normalized spacial score (nSPS) is 25.6. The van der Waals surface area contributed by atoms with E-state index in [0.717, 1.165) is 17.7 Å². The van der Waals surface area contributed by atoms with Gasteiger partial charge < -0.3 is 15.4 Å². The first kappa shape index (κ1) is 35.6. The second-order valence-electron chi connectivity index (χ2n) is 14.5. The summed E-state index contributed by atoms with van der Waals surface area (Å²) >= 11 is 6.15. The highest BCUT2D eigenvalue weighted by atomic mass is 35.5. The van der Waals surface area contributed by atoms with Crippen molar-refractivity contribution in [3.05, 3.63) is 81.3 Å². The minimum atomic E-state index is -1.23. The Morgan fingerprint density at radius 1 is 0.907 bits per heavy atom. The summed E-state index contributed by atoms with van der Waals surface area (Å²) in [6.45, 7) is 1.45. The monoisotopic (exact) mass is 754 g/mol. The second kappa shape index (κ2) is 14.1. The Labute approximate surface area is 314 Å². The first-order chi connectivity index (χ1) is 26.0. The number of carbonyl (C=O) groups excluding carboxylic acids is 5. The SMILES string of the molecule is N#Cc1ccc(OC2CCC(N3C(=O)CC[C@@H](N4C(=O)c5ccc(CN6[C@@H]7CC[C@@H]6CN(c6ccc(C(N)=O)nn6)C7)c(F)c5C4=O)C3=O)CC2)cc1Cl. The maximum Gasteiger partial charge on any atom is 0.269 e. The van der Waals surface area contributed by atoms with Crippen molar-refractivity contribution < 1.29 is 33.1 Å². The van der Waals surface area contributed by atoms with Gasteiger partial charge in [0.25, 0.3) is 23.6 Å². The molecule has 5 amide bonds. The summed E-state index contributed by atoms with van der Waals surface area (Å²) in [5.41, 5.74) is 5.56. The van der Waals surface area contributed by atoms with Gasteiger partial charge in [-0.05, 0) is 75.3 Å². The number of amides is 5. The van der Waals surface area contributed by atoms with Gasteiger partial charge in [-0.15, -0.1) is 10.2 Å². The fourth-order valence-electron chi connectivity index (χ4n) is 8.70. The molecule has 8 rings (SSSR count). The zero-order valence-corrected chi connectivity index (χ0v) is 29.9. The van der Waals surface area contributed by atoms with Gasteiger partial charge >= 0.3 is 0 Å². The number of ether oxygens (including phenoxy) is 1. The number of nitriles is 1. The van der Waals surface area contributed by atoms with Crippen LogP contribution in [0, 0.1) is 17.1 Å². The van der Waals surface area contributed by atoms with E-state index in [1.165, 1.54) is 23.1 Å². The summed E-state index contributed by atoms with van der Waals surface area (Å²) in [4.78, 5) is 72.4. The van der Waals surface area contributed by atoms with Crippen LogP contribution in [0.25, 0.3) is 0 Å². The molecule has 3 atom stereocenters. The number of piperidine rings is 1. The van der Waals surface area contributed by atoms with Crippen LogP contribution in [-0.4, -0.2) is 97.8 Å². The molecule has 1 aliphatic carbocycles. The Morgan fingerprint density at radius 3 is 2.28 bits per heavy atom. The lowest BCUT2D eigenvalue weighted by Crippen LogP contribution is -2.59. The van der Waals surface area contributed by atoms with Crippen LogP contribution >= 0.6 is 11.6 Å². The lowest BCUT2D eigenvalue weighted by Gasteiger charge is -2.41. The van der Waals surface area contributed by atoms with Gasteiger partial charge in [-0.3, -0.25) is 38.7 Å². The van der Waals surface area contributed by atoms with Crippen molar-refractivity contribution in [1.82, 2.24) is 24.9 Å². The van der Waals surface area contributed by atoms with E-state index < -0.39 is 41.5 Å². The maximum atomic E-state index is 16.3. The lowest BCUT2D eigenvalue weighted by atomic mass is 9.89. The molecule has 278 valence electrons. The molecule has 0 radical (unpaired) electrons. The number of carbonyl (C=O) groups is 5. The topological polar surface area (TPSA) is 183 Å². The largest absolute Gasteiger partial charge is 0.490 e. The second-order valence-corrected chi connectivity index (χ2v) is 14.9. The average molecular weight is 755 g/mol. The highest BCUT2D eigenvalue weighted by Gasteiger charge is 2.50. The van der Waals surface area contributed by atoms with E-state index in [0.29, 0.717) is 55.9 Å². The van der Waals surface area contributed by atoms with Crippen molar-refractivity contribution in [1.29, 1.82) is 5.26 Å². The Hall–Kier alpha value is -5.46. The number of piperazine rings is 1. The van der Waals surface area contributed by atoms with E-state index in [-0.39, 0.29) is 70.9 Å². The van der Waals surface area contributed by atoms with E-state index in [4.69, 9.17) is 27.3 Å². The number of anilines is 1. The van der Waals surface area contributed by atoms with Crippen LogP contribution < -0.4 is 15.4 Å². The van der Waals surface area contributed by atoms with E-state index in [2.05, 4.69) is 20.0 Å². The molecule has 0 unspecified atom stereocenters. The van der Waals surface area contributed by atoms with Gasteiger partial charge in [0.15, 0.2) is 11.5 Å². The molecule has 5 aliphatic rings. The van der Waals surface area contributed by atoms with Crippen LogP contribution in [0.1, 0.15) is 93.7 Å². The van der Waals surface area contributed by atoms with Crippen molar-refractivity contribution in [3.63, 3.8) is 0 Å². The summed E-state index contributed by atoms with van der Waals surface area (Å²) in [6.07, 6.45) is 3.51. The number of fused-ring (bicyclic) bond motifs is 3. The van der Waals surface area contributed by atoms with E-state index in [1.807, 2.05) is 6.07 Å². The Bertz CT molecular complexity index is 2110. The minimum absolute atomic E-state index is 0.0324. The number of hydrogen-bond acceptors (Lipinski definition) is 11. The Morgan fingerprint density at radius 2 is 1.63 bits per heavy atom. The smallest absolute Gasteiger partial charge is 0.269 e. The fourth-order valence-corrected chi connectivity index (χ4v) is 8.91. The van der Waals surface area contributed by atoms with Crippen LogP contribution in [0.4, 0.5) is 10.2 Å². The number of benzene rings is 2. The minimum Gasteiger partial charge on any atom is -0.490 e. The highest BCUT2D eigenvalue weighted by molar-refractivity contribution is 6.31. The van der Waals surface area contributed by atoms with Crippen LogP contribution in [-0.2, 0) is 16.1 Å². The molecule has 5 heterocycles. The number of hydrogen-bond donors (Lipinski definition) is 1. The zero-order valence-electron chi connectivity index (χ0n) is 29.1. The number of nitrogens with two attached hydrogens (primary N) is 1. The van der Waals surface area contributed by atoms with Gasteiger partial charge in [0, 0.05) is 55.8 Å². The third-order valence-electron chi connectivity index (χ3n) is 11.4. The van der Waals surface area contributed by atoms with Crippen LogP contribution in [0.5, 0.6) is 5.75 Å². The summed E-state index contributed by atoms with van der Waals surface area (Å²) in [5, 5.41) is 17.5. The van der Waals surface area contributed by atoms with Gasteiger partial charge in [0.1, 0.15) is 23.7 Å². The van der Waals surface area contributed by atoms with Crippen LogP contribution in [0.15, 0.2) is 42.5 Å². The number of imide groups is 2. The van der Waals surface area contributed by atoms with Crippen molar-refractivity contribution in [2.24, 2.45) is 5.73 Å². The lowest BCUT2D eigenvalue weighted by molar-refractivity contribution is -0.155. The molecule has 16 heteroatoms. The standard InChI is InChI=1S/C38H36ClFN8O6/c39-28-15-26(7-1-20(28)16-41)54-25-8-5-22(6-9-25)47-32(49)14-12-30(37(47)52)48-36(51)27-10-2-21(34(40)33(27)38(48)53)17-46-23-3-4-24(46)19-45(18-23)31-13-11-29(35(42)50)43-44-31/h1-2,7,10-11,13,15,22-25,30H,3-6,8-9,12,14,17-19H2,(H2,42,50)/t22?,23-,24-,25?,30-/m1/s1. The third kappa shape index (κ3) is 6.22. The number of nitrogens with zero attached hydrogens (tertiary/aromatic N) is 7. The van der Waals surface area contributed by atoms with E-state index in [9.17, 15) is 24.0 Å². The fraction of sp³-hybridized carbons (Fsp3) is 0.421. The number of aromatic nitrogens is 2. The average Bonchev–Trinajstić information content (AvgIpc) is 3.54. The number of primary amides is 1. The van der Waals surface area contributed by atoms with Gasteiger partial charge in [-0.25, -0.2) is 4.39 Å². The van der Waals surface area contributed by atoms with Crippen molar-refractivity contribution in [3.8, 4) is 11.8 Å². The molecule has 0 spiro atoms. The Kier molecular flexibility index (Phi) is 9.27. The molecule has 54 heavy (non-hydrogen) atoms. The molecule has 2 N–H and O–H groups in total. The molecule has 4 fully saturated rings. The summed E-state index contributed by atoms with van der Waals surface area (Å²) in [6, 6.07) is 11.6.